The first-order valence-electron chi connectivity index (χ1n) is 13.4. The molecule has 5 rings (SSSR count). The van der Waals surface area contributed by atoms with E-state index in [0.717, 1.165) is 22.4 Å². The Balaban J connectivity index is 1.41. The molecule has 1 aliphatic rings. The van der Waals surface area contributed by atoms with Crippen LogP contribution in [0.2, 0.25) is 0 Å². The molecule has 1 aliphatic heterocycles. The summed E-state index contributed by atoms with van der Waals surface area (Å²) in [4.78, 5) is 35.3. The minimum absolute atomic E-state index is 0.132. The number of aromatic nitrogens is 6. The van der Waals surface area contributed by atoms with Gasteiger partial charge in [-0.15, -0.1) is 10.2 Å². The van der Waals surface area contributed by atoms with Crippen molar-refractivity contribution in [3.63, 3.8) is 0 Å². The lowest BCUT2D eigenvalue weighted by atomic mass is 9.96. The van der Waals surface area contributed by atoms with Crippen LogP contribution in [0.1, 0.15) is 80.8 Å². The van der Waals surface area contributed by atoms with E-state index in [2.05, 4.69) is 35.9 Å². The zero-order valence-electron chi connectivity index (χ0n) is 23.6. The number of carbonyl (C=O) groups excluding carboxylic acids is 1. The number of nitrogens with one attached hydrogen (secondary N) is 2. The second kappa shape index (κ2) is 11.0. The largest absolute Gasteiger partial charge is 0.465 e. The molecule has 3 N–H and O–H groups in total. The van der Waals surface area contributed by atoms with Crippen molar-refractivity contribution >= 4 is 23.6 Å². The Morgan fingerprint density at radius 1 is 1.17 bits per heavy atom. The number of rotatable bonds is 6. The number of fused-ring (bicyclic) bond motifs is 1. The highest BCUT2D eigenvalue weighted by atomic mass is 16.4. The fourth-order valence-corrected chi connectivity index (χ4v) is 4.51. The topological polar surface area (TPSA) is 164 Å². The molecule has 214 valence electrons. The standard InChI is InChI=1S/C28H33N9O4/c1-16(2)37-15-19(13-30-37)31-26-29-10-8-21(33-26)17-6-7-20-18(12-17)14-36(27(39)40)11-9-22(20)32-23(38)24-34-35-25(41-24)28(3,4)5/h6-8,10,12-13,15-16,22H,9,11,14H2,1-5H3,(H,32,38)(H,39,40)(H,29,31,33)/t22-/m1/s1. The van der Waals surface area contributed by atoms with Gasteiger partial charge in [-0.3, -0.25) is 9.48 Å². The van der Waals surface area contributed by atoms with Crippen LogP contribution in [0.4, 0.5) is 16.4 Å². The van der Waals surface area contributed by atoms with Crippen molar-refractivity contribution in [1.82, 2.24) is 40.2 Å². The normalized spacial score (nSPS) is 15.4. The number of carbonyl (C=O) groups is 2. The van der Waals surface area contributed by atoms with E-state index in [-0.39, 0.29) is 25.0 Å². The Morgan fingerprint density at radius 2 is 1.98 bits per heavy atom. The third-order valence-electron chi connectivity index (χ3n) is 6.74. The molecule has 1 aromatic carbocycles. The molecule has 13 heteroatoms. The van der Waals surface area contributed by atoms with Gasteiger partial charge in [0.15, 0.2) is 0 Å². The number of hydrogen-bond acceptors (Lipinski definition) is 9. The zero-order valence-corrected chi connectivity index (χ0v) is 23.6. The Hall–Kier alpha value is -4.81. The molecule has 0 aliphatic carbocycles. The van der Waals surface area contributed by atoms with Crippen molar-refractivity contribution in [3.8, 4) is 11.3 Å². The number of anilines is 2. The van der Waals surface area contributed by atoms with Crippen LogP contribution < -0.4 is 10.6 Å². The maximum atomic E-state index is 13.0. The molecule has 0 saturated carbocycles. The Labute approximate surface area is 237 Å². The highest BCUT2D eigenvalue weighted by molar-refractivity contribution is 5.89. The molecule has 0 radical (unpaired) electrons. The zero-order chi connectivity index (χ0) is 29.3. The van der Waals surface area contributed by atoms with Gasteiger partial charge in [0, 0.05) is 42.5 Å². The highest BCUT2D eigenvalue weighted by Crippen LogP contribution is 2.31. The molecule has 3 aromatic heterocycles. The number of hydrogen-bond donors (Lipinski definition) is 3. The third kappa shape index (κ3) is 6.18. The van der Waals surface area contributed by atoms with Gasteiger partial charge < -0.3 is 25.1 Å². The first-order valence-corrected chi connectivity index (χ1v) is 13.4. The summed E-state index contributed by atoms with van der Waals surface area (Å²) in [6.07, 6.45) is 4.61. The summed E-state index contributed by atoms with van der Waals surface area (Å²) < 4.78 is 7.45. The highest BCUT2D eigenvalue weighted by Gasteiger charge is 2.29. The molecule has 4 heterocycles. The third-order valence-corrected chi connectivity index (χ3v) is 6.74. The minimum atomic E-state index is -1.03. The molecular formula is C28H33N9O4. The molecule has 0 saturated heterocycles. The van der Waals surface area contributed by atoms with E-state index in [0.29, 0.717) is 24.0 Å². The van der Waals surface area contributed by atoms with Gasteiger partial charge in [-0.05, 0) is 43.5 Å². The molecule has 0 bridgehead atoms. The van der Waals surface area contributed by atoms with Crippen LogP contribution in [0.3, 0.4) is 0 Å². The Morgan fingerprint density at radius 3 is 2.66 bits per heavy atom. The molecule has 2 amide bonds. The SMILES string of the molecule is CC(C)n1cc(Nc2nccc(-c3ccc4c(c3)CN(C(=O)O)CC[C@H]4NC(=O)c3nnc(C(C)(C)C)o3)n2)cn1. The lowest BCUT2D eigenvalue weighted by Crippen LogP contribution is -2.32. The summed E-state index contributed by atoms with van der Waals surface area (Å²) in [7, 11) is 0. The van der Waals surface area contributed by atoms with Gasteiger partial charge in [0.05, 0.1) is 23.6 Å². The minimum Gasteiger partial charge on any atom is -0.465 e. The van der Waals surface area contributed by atoms with Gasteiger partial charge in [0.1, 0.15) is 0 Å². The molecule has 0 fully saturated rings. The molecule has 0 unspecified atom stereocenters. The molecule has 4 aromatic rings. The number of nitrogens with zero attached hydrogens (tertiary/aromatic N) is 7. The van der Waals surface area contributed by atoms with Crippen LogP contribution >= 0.6 is 0 Å². The van der Waals surface area contributed by atoms with Crippen molar-refractivity contribution < 1.29 is 19.1 Å². The number of amides is 2. The smallest absolute Gasteiger partial charge is 0.407 e. The fraction of sp³-hybridized carbons (Fsp3) is 0.393. The van der Waals surface area contributed by atoms with Gasteiger partial charge in [-0.25, -0.2) is 14.8 Å². The Kier molecular flexibility index (Phi) is 7.43. The number of carboxylic acid groups (broad SMARTS) is 1. The van der Waals surface area contributed by atoms with Crippen molar-refractivity contribution in [2.75, 3.05) is 11.9 Å². The van der Waals surface area contributed by atoms with Crippen LogP contribution in [-0.2, 0) is 12.0 Å². The van der Waals surface area contributed by atoms with Crippen molar-refractivity contribution in [1.29, 1.82) is 0 Å². The van der Waals surface area contributed by atoms with Gasteiger partial charge in [0.2, 0.25) is 11.8 Å². The van der Waals surface area contributed by atoms with E-state index in [4.69, 9.17) is 4.42 Å². The Bertz CT molecular complexity index is 1570. The maximum absolute atomic E-state index is 13.0. The summed E-state index contributed by atoms with van der Waals surface area (Å²) >= 11 is 0. The predicted octanol–water partition coefficient (Wildman–Crippen LogP) is 4.70. The molecule has 13 nitrogen and oxygen atoms in total. The van der Waals surface area contributed by atoms with Crippen LogP contribution in [0.25, 0.3) is 11.3 Å². The quantitative estimate of drug-likeness (QED) is 0.301. The van der Waals surface area contributed by atoms with Crippen LogP contribution in [0.5, 0.6) is 0 Å². The summed E-state index contributed by atoms with van der Waals surface area (Å²) in [5.41, 5.74) is 3.40. The maximum Gasteiger partial charge on any atom is 0.407 e. The average Bonchev–Trinajstić information content (AvgIpc) is 3.57. The molecular weight excluding hydrogens is 526 g/mol. The first kappa shape index (κ1) is 27.7. The molecule has 0 spiro atoms. The summed E-state index contributed by atoms with van der Waals surface area (Å²) in [5.74, 6) is 0.127. The summed E-state index contributed by atoms with van der Waals surface area (Å²) in [5, 5.41) is 28.2. The summed E-state index contributed by atoms with van der Waals surface area (Å²) in [6, 6.07) is 7.27. The fourth-order valence-electron chi connectivity index (χ4n) is 4.51. The van der Waals surface area contributed by atoms with E-state index >= 15 is 0 Å². The second-order valence-electron chi connectivity index (χ2n) is 11.3. The monoisotopic (exact) mass is 559 g/mol. The van der Waals surface area contributed by atoms with E-state index in [9.17, 15) is 14.7 Å². The lowest BCUT2D eigenvalue weighted by molar-refractivity contribution is 0.0894. The van der Waals surface area contributed by atoms with Gasteiger partial charge in [-0.1, -0.05) is 32.9 Å². The second-order valence-corrected chi connectivity index (χ2v) is 11.3. The van der Waals surface area contributed by atoms with Gasteiger partial charge in [-0.2, -0.15) is 5.10 Å². The molecule has 41 heavy (non-hydrogen) atoms. The van der Waals surface area contributed by atoms with Crippen LogP contribution in [-0.4, -0.2) is 58.5 Å². The van der Waals surface area contributed by atoms with Crippen LogP contribution in [0.15, 0.2) is 47.3 Å². The van der Waals surface area contributed by atoms with E-state index < -0.39 is 23.5 Å². The van der Waals surface area contributed by atoms with Crippen molar-refractivity contribution in [3.05, 3.63) is 65.8 Å². The van der Waals surface area contributed by atoms with Crippen LogP contribution in [0, 0.1) is 0 Å². The van der Waals surface area contributed by atoms with Gasteiger partial charge >= 0.3 is 17.9 Å². The predicted molar refractivity (Wildman–Crippen MR) is 150 cm³/mol. The van der Waals surface area contributed by atoms with E-state index in [1.165, 1.54) is 4.90 Å². The van der Waals surface area contributed by atoms with Crippen molar-refractivity contribution in [2.45, 2.75) is 65.1 Å². The van der Waals surface area contributed by atoms with E-state index in [1.54, 1.807) is 18.5 Å². The average molecular weight is 560 g/mol. The number of benzene rings is 1. The summed E-state index contributed by atoms with van der Waals surface area (Å²) in [6.45, 7) is 10.2. The van der Waals surface area contributed by atoms with Gasteiger partial charge in [0.25, 0.3) is 0 Å². The van der Waals surface area contributed by atoms with E-state index in [1.807, 2.05) is 63.7 Å². The lowest BCUT2D eigenvalue weighted by Gasteiger charge is -2.19. The van der Waals surface area contributed by atoms with Crippen molar-refractivity contribution in [2.24, 2.45) is 0 Å². The first-order chi connectivity index (χ1) is 19.5. The molecule has 1 atom stereocenters.